The minimum absolute atomic E-state index is 0.101. The molecule has 1 aliphatic carbocycles. The largest absolute Gasteiger partial charge is 0.467 e. The van der Waals surface area contributed by atoms with Gasteiger partial charge in [0, 0.05) is 19.3 Å². The fourth-order valence-corrected chi connectivity index (χ4v) is 2.90. The lowest BCUT2D eigenvalue weighted by Crippen LogP contribution is -2.52. The number of nitrogens with one attached hydrogen (secondary N) is 2. The zero-order valence-corrected chi connectivity index (χ0v) is 12.0. The molecular weight excluding hydrogens is 276 g/mol. The van der Waals surface area contributed by atoms with Crippen molar-refractivity contribution in [2.45, 2.75) is 50.6 Å². The number of Topliss-reactive ketones (excluding diaryl/α,β-unsaturated/α-hetero) is 1. The maximum Gasteiger partial charge on any atom is 0.328 e. The van der Waals surface area contributed by atoms with Crippen LogP contribution < -0.4 is 10.6 Å². The molecule has 3 atom stereocenters. The van der Waals surface area contributed by atoms with E-state index in [-0.39, 0.29) is 24.0 Å². The van der Waals surface area contributed by atoms with Crippen molar-refractivity contribution in [1.82, 2.24) is 10.6 Å². The molecule has 0 aromatic carbocycles. The number of ketones is 1. The molecule has 0 unspecified atom stereocenters. The Labute approximate surface area is 122 Å². The predicted octanol–water partition coefficient (Wildman–Crippen LogP) is -0.318. The van der Waals surface area contributed by atoms with Crippen molar-refractivity contribution in [1.29, 1.82) is 0 Å². The second-order valence-electron chi connectivity index (χ2n) is 5.56. The smallest absolute Gasteiger partial charge is 0.328 e. The second-order valence-corrected chi connectivity index (χ2v) is 5.56. The Morgan fingerprint density at radius 3 is 2.62 bits per heavy atom. The highest BCUT2D eigenvalue weighted by molar-refractivity contribution is 5.93. The molecule has 7 nitrogen and oxygen atoms in total. The van der Waals surface area contributed by atoms with E-state index in [1.807, 2.05) is 0 Å². The SMILES string of the molecule is COC(=O)[C@@H](NC(=O)[C@H]1CCC(=O)N1)[C@@H]1CCCC(=O)C1. The molecule has 1 aliphatic heterocycles. The van der Waals surface area contributed by atoms with E-state index in [1.54, 1.807) is 0 Å². The maximum atomic E-state index is 12.1. The standard InChI is InChI=1S/C14H20N2O5/c1-21-14(20)12(8-3-2-4-9(17)7-8)16-13(19)10-5-6-11(18)15-10/h8,10,12H,2-7H2,1H3,(H,15,18)(H,16,19)/t8-,10-,12+/m1/s1. The van der Waals surface area contributed by atoms with Gasteiger partial charge in [0.15, 0.2) is 0 Å². The van der Waals surface area contributed by atoms with E-state index in [9.17, 15) is 19.2 Å². The minimum atomic E-state index is -0.829. The Morgan fingerprint density at radius 1 is 1.29 bits per heavy atom. The number of methoxy groups -OCH3 is 1. The lowest BCUT2D eigenvalue weighted by atomic mass is 9.83. The van der Waals surface area contributed by atoms with Crippen molar-refractivity contribution in [3.63, 3.8) is 0 Å². The van der Waals surface area contributed by atoms with E-state index >= 15 is 0 Å². The average molecular weight is 296 g/mol. The third-order valence-corrected chi connectivity index (χ3v) is 4.06. The molecule has 2 rings (SSSR count). The molecule has 21 heavy (non-hydrogen) atoms. The molecule has 0 radical (unpaired) electrons. The minimum Gasteiger partial charge on any atom is -0.467 e. The Morgan fingerprint density at radius 2 is 2.05 bits per heavy atom. The number of carbonyl (C=O) groups excluding carboxylic acids is 4. The lowest BCUT2D eigenvalue weighted by Gasteiger charge is -2.29. The number of amides is 2. The van der Waals surface area contributed by atoms with Crippen LogP contribution in [0.1, 0.15) is 38.5 Å². The molecule has 0 spiro atoms. The first-order valence-corrected chi connectivity index (χ1v) is 7.20. The normalized spacial score (nSPS) is 26.9. The zero-order valence-electron chi connectivity index (χ0n) is 12.0. The molecule has 0 aromatic rings. The van der Waals surface area contributed by atoms with Crippen LogP contribution in [0.2, 0.25) is 0 Å². The van der Waals surface area contributed by atoms with E-state index in [0.29, 0.717) is 32.1 Å². The summed E-state index contributed by atoms with van der Waals surface area (Å²) in [5.74, 6) is -1.25. The number of rotatable bonds is 4. The quantitative estimate of drug-likeness (QED) is 0.692. The van der Waals surface area contributed by atoms with Crippen LogP contribution in [-0.2, 0) is 23.9 Å². The maximum absolute atomic E-state index is 12.1. The van der Waals surface area contributed by atoms with Crippen LogP contribution in [-0.4, -0.2) is 42.8 Å². The molecule has 2 aliphatic rings. The van der Waals surface area contributed by atoms with Crippen LogP contribution in [0.3, 0.4) is 0 Å². The van der Waals surface area contributed by atoms with Crippen LogP contribution >= 0.6 is 0 Å². The van der Waals surface area contributed by atoms with Gasteiger partial charge in [-0.2, -0.15) is 0 Å². The van der Waals surface area contributed by atoms with Crippen LogP contribution in [0, 0.1) is 5.92 Å². The topological polar surface area (TPSA) is 102 Å². The highest BCUT2D eigenvalue weighted by atomic mass is 16.5. The highest BCUT2D eigenvalue weighted by Gasteiger charge is 2.36. The summed E-state index contributed by atoms with van der Waals surface area (Å²) >= 11 is 0. The molecule has 2 fully saturated rings. The van der Waals surface area contributed by atoms with Crippen molar-refractivity contribution in [2.75, 3.05) is 7.11 Å². The molecule has 0 aromatic heterocycles. The molecule has 1 saturated heterocycles. The monoisotopic (exact) mass is 296 g/mol. The van der Waals surface area contributed by atoms with Gasteiger partial charge in [0.05, 0.1) is 7.11 Å². The summed E-state index contributed by atoms with van der Waals surface area (Å²) in [5, 5.41) is 5.20. The summed E-state index contributed by atoms with van der Waals surface area (Å²) < 4.78 is 4.73. The van der Waals surface area contributed by atoms with E-state index < -0.39 is 24.0 Å². The second kappa shape index (κ2) is 6.69. The number of ether oxygens (including phenoxy) is 1. The highest BCUT2D eigenvalue weighted by Crippen LogP contribution is 2.25. The Kier molecular flexibility index (Phi) is 4.93. The molecule has 2 N–H and O–H groups in total. The number of carbonyl (C=O) groups is 4. The fraction of sp³-hybridized carbons (Fsp3) is 0.714. The molecular formula is C14H20N2O5. The van der Waals surface area contributed by atoms with Gasteiger partial charge in [0.1, 0.15) is 17.9 Å². The zero-order chi connectivity index (χ0) is 15.4. The lowest BCUT2D eigenvalue weighted by molar-refractivity contribution is -0.147. The third-order valence-electron chi connectivity index (χ3n) is 4.06. The molecule has 1 heterocycles. The summed E-state index contributed by atoms with van der Waals surface area (Å²) in [4.78, 5) is 46.7. The van der Waals surface area contributed by atoms with Crippen LogP contribution in [0.15, 0.2) is 0 Å². The van der Waals surface area contributed by atoms with Crippen LogP contribution in [0.4, 0.5) is 0 Å². The van der Waals surface area contributed by atoms with E-state index in [2.05, 4.69) is 10.6 Å². The Balaban J connectivity index is 2.02. The molecule has 0 bridgehead atoms. The summed E-state index contributed by atoms with van der Waals surface area (Å²) in [5.41, 5.74) is 0. The summed E-state index contributed by atoms with van der Waals surface area (Å²) in [6.07, 6.45) is 2.94. The Hall–Kier alpha value is -1.92. The first-order valence-electron chi connectivity index (χ1n) is 7.20. The van der Waals surface area contributed by atoms with Crippen LogP contribution in [0.5, 0.6) is 0 Å². The Bertz CT molecular complexity index is 462. The van der Waals surface area contributed by atoms with Crippen molar-refractivity contribution in [3.8, 4) is 0 Å². The molecule has 1 saturated carbocycles. The molecule has 7 heteroatoms. The van der Waals surface area contributed by atoms with Gasteiger partial charge in [-0.25, -0.2) is 4.79 Å². The van der Waals surface area contributed by atoms with Crippen molar-refractivity contribution < 1.29 is 23.9 Å². The van der Waals surface area contributed by atoms with Gasteiger partial charge < -0.3 is 15.4 Å². The summed E-state index contributed by atoms with van der Waals surface area (Å²) in [6.45, 7) is 0. The molecule has 2 amide bonds. The van der Waals surface area contributed by atoms with Gasteiger partial charge in [-0.1, -0.05) is 0 Å². The number of hydrogen-bond donors (Lipinski definition) is 2. The van der Waals surface area contributed by atoms with E-state index in [1.165, 1.54) is 7.11 Å². The first-order chi connectivity index (χ1) is 10.0. The van der Waals surface area contributed by atoms with Gasteiger partial charge in [0.2, 0.25) is 11.8 Å². The van der Waals surface area contributed by atoms with E-state index in [0.717, 1.165) is 0 Å². The van der Waals surface area contributed by atoms with Crippen molar-refractivity contribution >= 4 is 23.6 Å². The van der Waals surface area contributed by atoms with Gasteiger partial charge in [0.25, 0.3) is 0 Å². The fourth-order valence-electron chi connectivity index (χ4n) is 2.90. The van der Waals surface area contributed by atoms with Gasteiger partial charge in [-0.3, -0.25) is 14.4 Å². The van der Waals surface area contributed by atoms with Crippen LogP contribution in [0.25, 0.3) is 0 Å². The number of esters is 1. The average Bonchev–Trinajstić information content (AvgIpc) is 2.90. The summed E-state index contributed by atoms with van der Waals surface area (Å²) in [7, 11) is 1.25. The third kappa shape index (κ3) is 3.80. The van der Waals surface area contributed by atoms with Gasteiger partial charge >= 0.3 is 5.97 Å². The number of hydrogen-bond acceptors (Lipinski definition) is 5. The van der Waals surface area contributed by atoms with Crippen molar-refractivity contribution in [3.05, 3.63) is 0 Å². The van der Waals surface area contributed by atoms with Gasteiger partial charge in [-0.15, -0.1) is 0 Å². The van der Waals surface area contributed by atoms with Crippen molar-refractivity contribution in [2.24, 2.45) is 5.92 Å². The summed E-state index contributed by atoms with van der Waals surface area (Å²) in [6, 6.07) is -1.44. The molecule has 116 valence electrons. The van der Waals surface area contributed by atoms with E-state index in [4.69, 9.17) is 4.74 Å². The first kappa shape index (κ1) is 15.5. The van der Waals surface area contributed by atoms with Gasteiger partial charge in [-0.05, 0) is 25.2 Å². The predicted molar refractivity (Wildman–Crippen MR) is 72.1 cm³/mol.